The van der Waals surface area contributed by atoms with Crippen LogP contribution in [0.5, 0.6) is 0 Å². The SMILES string of the molecule is Cc1ccc(C)c(NC(=O)[C@H](C)n2cnc3sc4c(c3c2=O)CC[C@H](C)C4)c1. The molecule has 0 radical (unpaired) electrons. The van der Waals surface area contributed by atoms with Gasteiger partial charge in [-0.05, 0) is 68.7 Å². The highest BCUT2D eigenvalue weighted by Crippen LogP contribution is 2.35. The van der Waals surface area contributed by atoms with Crippen LogP contribution in [0.4, 0.5) is 5.69 Å². The van der Waals surface area contributed by atoms with Gasteiger partial charge in [0.15, 0.2) is 0 Å². The second-order valence-electron chi connectivity index (χ2n) is 7.97. The van der Waals surface area contributed by atoms with Crippen LogP contribution in [-0.4, -0.2) is 15.5 Å². The van der Waals surface area contributed by atoms with Crippen molar-refractivity contribution < 1.29 is 4.79 Å². The number of thiophene rings is 1. The Bertz CT molecular complexity index is 1130. The van der Waals surface area contributed by atoms with Crippen molar-refractivity contribution >= 4 is 33.1 Å². The van der Waals surface area contributed by atoms with E-state index in [0.717, 1.165) is 46.5 Å². The zero-order chi connectivity index (χ0) is 20.0. The average molecular weight is 396 g/mol. The number of rotatable bonds is 3. The van der Waals surface area contributed by atoms with Gasteiger partial charge in [0.25, 0.3) is 5.56 Å². The third kappa shape index (κ3) is 3.26. The van der Waals surface area contributed by atoms with Gasteiger partial charge in [0.2, 0.25) is 5.91 Å². The molecule has 0 unspecified atom stereocenters. The predicted octanol–water partition coefficient (Wildman–Crippen LogP) is 4.40. The van der Waals surface area contributed by atoms with Crippen molar-refractivity contribution in [3.63, 3.8) is 0 Å². The molecule has 2 aromatic heterocycles. The molecule has 5 nitrogen and oxygen atoms in total. The minimum atomic E-state index is -0.637. The summed E-state index contributed by atoms with van der Waals surface area (Å²) in [4.78, 5) is 32.6. The largest absolute Gasteiger partial charge is 0.324 e. The van der Waals surface area contributed by atoms with Crippen LogP contribution in [0.2, 0.25) is 0 Å². The fourth-order valence-corrected chi connectivity index (χ4v) is 5.19. The zero-order valence-corrected chi connectivity index (χ0v) is 17.5. The number of hydrogen-bond acceptors (Lipinski definition) is 4. The van der Waals surface area contributed by atoms with Gasteiger partial charge in [0, 0.05) is 10.6 Å². The van der Waals surface area contributed by atoms with Crippen molar-refractivity contribution in [2.24, 2.45) is 5.92 Å². The summed E-state index contributed by atoms with van der Waals surface area (Å²) in [5.74, 6) is 0.430. The first-order valence-electron chi connectivity index (χ1n) is 9.74. The van der Waals surface area contributed by atoms with Gasteiger partial charge in [-0.15, -0.1) is 11.3 Å². The summed E-state index contributed by atoms with van der Waals surface area (Å²) < 4.78 is 1.47. The van der Waals surface area contributed by atoms with Crippen LogP contribution in [0.3, 0.4) is 0 Å². The Hall–Kier alpha value is -2.47. The van der Waals surface area contributed by atoms with Crippen LogP contribution in [0.25, 0.3) is 10.2 Å². The second-order valence-corrected chi connectivity index (χ2v) is 9.06. The number of nitrogens with zero attached hydrogens (tertiary/aromatic N) is 2. The highest BCUT2D eigenvalue weighted by atomic mass is 32.1. The molecule has 0 fully saturated rings. The summed E-state index contributed by atoms with van der Waals surface area (Å²) in [6.07, 6.45) is 4.54. The fourth-order valence-electron chi connectivity index (χ4n) is 3.85. The first-order valence-corrected chi connectivity index (χ1v) is 10.6. The molecule has 4 rings (SSSR count). The molecule has 0 saturated carbocycles. The molecule has 1 aliphatic rings. The summed E-state index contributed by atoms with van der Waals surface area (Å²) in [6, 6.07) is 5.30. The molecule has 1 aliphatic carbocycles. The topological polar surface area (TPSA) is 64.0 Å². The van der Waals surface area contributed by atoms with Crippen molar-refractivity contribution in [3.05, 3.63) is 56.4 Å². The Balaban J connectivity index is 1.68. The third-order valence-corrected chi connectivity index (χ3v) is 6.85. The molecule has 0 bridgehead atoms. The molecule has 1 aromatic carbocycles. The second kappa shape index (κ2) is 7.17. The third-order valence-electron chi connectivity index (χ3n) is 5.69. The minimum absolute atomic E-state index is 0.110. The lowest BCUT2D eigenvalue weighted by Crippen LogP contribution is -2.32. The minimum Gasteiger partial charge on any atom is -0.324 e. The highest BCUT2D eigenvalue weighted by Gasteiger charge is 2.25. The van der Waals surface area contributed by atoms with Crippen molar-refractivity contribution in [3.8, 4) is 0 Å². The molecule has 3 aromatic rings. The number of aryl methyl sites for hydroxylation is 3. The molecular weight excluding hydrogens is 370 g/mol. The van der Waals surface area contributed by atoms with Crippen LogP contribution in [0.1, 0.15) is 47.9 Å². The molecule has 2 atom stereocenters. The molecule has 146 valence electrons. The molecule has 1 N–H and O–H groups in total. The Morgan fingerprint density at radius 3 is 2.93 bits per heavy atom. The first kappa shape index (κ1) is 18.9. The summed E-state index contributed by atoms with van der Waals surface area (Å²) in [7, 11) is 0. The van der Waals surface area contributed by atoms with E-state index in [4.69, 9.17) is 0 Å². The number of nitrogens with one attached hydrogen (secondary N) is 1. The summed E-state index contributed by atoms with van der Waals surface area (Å²) in [5.41, 5.74) is 3.88. The normalized spacial score (nSPS) is 17.4. The molecule has 0 aliphatic heterocycles. The van der Waals surface area contributed by atoms with Crippen molar-refractivity contribution in [2.45, 2.75) is 53.0 Å². The number of carbonyl (C=O) groups is 1. The van der Waals surface area contributed by atoms with Crippen LogP contribution >= 0.6 is 11.3 Å². The van der Waals surface area contributed by atoms with Gasteiger partial charge < -0.3 is 5.32 Å². The predicted molar refractivity (Wildman–Crippen MR) is 114 cm³/mol. The molecule has 1 amide bonds. The standard InChI is InChI=1S/C22H25N3O2S/c1-12-5-7-14(3)17(9-12)24-20(26)15(4)25-11-23-21-19(22(25)27)16-8-6-13(2)10-18(16)28-21/h5,7,9,11,13,15H,6,8,10H2,1-4H3,(H,24,26)/t13-,15-/m0/s1. The van der Waals surface area contributed by atoms with E-state index in [1.807, 2.05) is 32.0 Å². The number of benzene rings is 1. The summed E-state index contributed by atoms with van der Waals surface area (Å²) in [5, 5.41) is 3.67. The van der Waals surface area contributed by atoms with Gasteiger partial charge >= 0.3 is 0 Å². The Morgan fingerprint density at radius 1 is 1.36 bits per heavy atom. The maximum absolute atomic E-state index is 13.2. The van der Waals surface area contributed by atoms with E-state index in [0.29, 0.717) is 11.3 Å². The van der Waals surface area contributed by atoms with E-state index in [1.54, 1.807) is 18.3 Å². The Kier molecular flexibility index (Phi) is 4.83. The first-order chi connectivity index (χ1) is 13.3. The van der Waals surface area contributed by atoms with E-state index in [9.17, 15) is 9.59 Å². The number of amides is 1. The lowest BCUT2D eigenvalue weighted by molar-refractivity contribution is -0.118. The lowest BCUT2D eigenvalue weighted by atomic mass is 9.89. The van der Waals surface area contributed by atoms with Gasteiger partial charge in [-0.1, -0.05) is 19.1 Å². The Labute approximate surface area is 168 Å². The van der Waals surface area contributed by atoms with Gasteiger partial charge in [-0.2, -0.15) is 0 Å². The van der Waals surface area contributed by atoms with E-state index >= 15 is 0 Å². The number of hydrogen-bond donors (Lipinski definition) is 1. The van der Waals surface area contributed by atoms with Crippen molar-refractivity contribution in [1.82, 2.24) is 9.55 Å². The Morgan fingerprint density at radius 2 is 2.14 bits per heavy atom. The monoisotopic (exact) mass is 395 g/mol. The smallest absolute Gasteiger partial charge is 0.263 e. The molecule has 0 saturated heterocycles. The molecule has 2 heterocycles. The van der Waals surface area contributed by atoms with Crippen molar-refractivity contribution in [2.75, 3.05) is 5.32 Å². The molecule has 6 heteroatoms. The van der Waals surface area contributed by atoms with Crippen LogP contribution in [0, 0.1) is 19.8 Å². The van der Waals surface area contributed by atoms with Crippen LogP contribution in [-0.2, 0) is 17.6 Å². The fraction of sp³-hybridized carbons (Fsp3) is 0.409. The maximum Gasteiger partial charge on any atom is 0.263 e. The van der Waals surface area contributed by atoms with Crippen LogP contribution < -0.4 is 10.9 Å². The van der Waals surface area contributed by atoms with Gasteiger partial charge in [-0.3, -0.25) is 14.2 Å². The maximum atomic E-state index is 13.2. The number of anilines is 1. The molecular formula is C22H25N3O2S. The van der Waals surface area contributed by atoms with E-state index in [-0.39, 0.29) is 11.5 Å². The summed E-state index contributed by atoms with van der Waals surface area (Å²) >= 11 is 1.63. The van der Waals surface area contributed by atoms with E-state index < -0.39 is 6.04 Å². The van der Waals surface area contributed by atoms with E-state index in [2.05, 4.69) is 17.2 Å². The average Bonchev–Trinajstić information content (AvgIpc) is 3.02. The number of carbonyl (C=O) groups excluding carboxylic acids is 1. The number of fused-ring (bicyclic) bond motifs is 3. The van der Waals surface area contributed by atoms with Crippen LogP contribution in [0.15, 0.2) is 29.3 Å². The van der Waals surface area contributed by atoms with E-state index in [1.165, 1.54) is 15.8 Å². The summed E-state index contributed by atoms with van der Waals surface area (Å²) in [6.45, 7) is 7.94. The van der Waals surface area contributed by atoms with Gasteiger partial charge in [0.1, 0.15) is 10.9 Å². The van der Waals surface area contributed by atoms with Crippen molar-refractivity contribution in [1.29, 1.82) is 0 Å². The quantitative estimate of drug-likeness (QED) is 0.715. The molecule has 0 spiro atoms. The highest BCUT2D eigenvalue weighted by molar-refractivity contribution is 7.18. The zero-order valence-electron chi connectivity index (χ0n) is 16.7. The van der Waals surface area contributed by atoms with Gasteiger partial charge in [0.05, 0.1) is 11.7 Å². The number of aromatic nitrogens is 2. The lowest BCUT2D eigenvalue weighted by Gasteiger charge is -2.18. The molecule has 28 heavy (non-hydrogen) atoms. The van der Waals surface area contributed by atoms with Gasteiger partial charge in [-0.25, -0.2) is 4.98 Å².